The number of aromatic nitrogens is 3. The molecule has 0 aliphatic carbocycles. The standard InChI is InChI=1S/C9H9FN4/c1-14-9(8(11)5-13-14)6-2-3-12-4-7(6)10/h2-5H,11H2,1H3. The van der Waals surface area contributed by atoms with Gasteiger partial charge in [0.2, 0.25) is 0 Å². The van der Waals surface area contributed by atoms with Gasteiger partial charge in [0, 0.05) is 18.8 Å². The van der Waals surface area contributed by atoms with E-state index in [9.17, 15) is 4.39 Å². The first kappa shape index (κ1) is 8.68. The monoisotopic (exact) mass is 192 g/mol. The molecule has 0 aliphatic rings. The Labute approximate surface area is 80.2 Å². The molecular weight excluding hydrogens is 183 g/mol. The summed E-state index contributed by atoms with van der Waals surface area (Å²) in [7, 11) is 1.71. The fourth-order valence-electron chi connectivity index (χ4n) is 1.35. The first-order chi connectivity index (χ1) is 6.70. The van der Waals surface area contributed by atoms with Crippen molar-refractivity contribution >= 4 is 5.69 Å². The van der Waals surface area contributed by atoms with Crippen molar-refractivity contribution in [2.24, 2.45) is 7.05 Å². The molecule has 0 atom stereocenters. The Hall–Kier alpha value is -1.91. The number of anilines is 1. The number of pyridine rings is 1. The first-order valence-corrected chi connectivity index (χ1v) is 4.07. The van der Waals surface area contributed by atoms with E-state index >= 15 is 0 Å². The highest BCUT2D eigenvalue weighted by Crippen LogP contribution is 2.26. The molecule has 0 aromatic carbocycles. The van der Waals surface area contributed by atoms with Crippen molar-refractivity contribution < 1.29 is 4.39 Å². The summed E-state index contributed by atoms with van der Waals surface area (Å²) in [4.78, 5) is 3.67. The second-order valence-electron chi connectivity index (χ2n) is 2.93. The summed E-state index contributed by atoms with van der Waals surface area (Å²) in [6.07, 6.45) is 4.17. The van der Waals surface area contributed by atoms with Crippen LogP contribution in [0.25, 0.3) is 11.3 Å². The normalized spacial score (nSPS) is 10.4. The molecule has 2 aromatic rings. The Bertz CT molecular complexity index is 444. The molecule has 2 aromatic heterocycles. The SMILES string of the molecule is Cn1ncc(N)c1-c1ccncc1F. The highest BCUT2D eigenvalue weighted by atomic mass is 19.1. The third-order valence-corrected chi connectivity index (χ3v) is 1.99. The van der Waals surface area contributed by atoms with Crippen molar-refractivity contribution in [2.75, 3.05) is 5.73 Å². The summed E-state index contributed by atoms with van der Waals surface area (Å²) >= 11 is 0. The van der Waals surface area contributed by atoms with Crippen LogP contribution in [0.1, 0.15) is 0 Å². The number of nitrogens with two attached hydrogens (primary N) is 1. The first-order valence-electron chi connectivity index (χ1n) is 4.07. The Balaban J connectivity index is 2.66. The van der Waals surface area contributed by atoms with Crippen molar-refractivity contribution in [3.63, 3.8) is 0 Å². The van der Waals surface area contributed by atoms with Gasteiger partial charge < -0.3 is 5.73 Å². The summed E-state index contributed by atoms with van der Waals surface area (Å²) in [6.45, 7) is 0. The number of halogens is 1. The minimum atomic E-state index is -0.400. The van der Waals surface area contributed by atoms with E-state index in [1.165, 1.54) is 17.1 Å². The Kier molecular flexibility index (Phi) is 1.92. The molecule has 0 unspecified atom stereocenters. The number of nitrogens with zero attached hydrogens (tertiary/aromatic N) is 3. The van der Waals surface area contributed by atoms with Gasteiger partial charge in [-0.05, 0) is 6.07 Å². The van der Waals surface area contributed by atoms with Gasteiger partial charge in [-0.2, -0.15) is 5.10 Å². The Morgan fingerprint density at radius 2 is 2.21 bits per heavy atom. The van der Waals surface area contributed by atoms with Crippen LogP contribution < -0.4 is 5.73 Å². The van der Waals surface area contributed by atoms with Crippen LogP contribution in [0, 0.1) is 5.82 Å². The topological polar surface area (TPSA) is 56.7 Å². The molecule has 2 heterocycles. The zero-order valence-electron chi connectivity index (χ0n) is 7.61. The van der Waals surface area contributed by atoms with Gasteiger partial charge in [0.05, 0.1) is 23.8 Å². The highest BCUT2D eigenvalue weighted by Gasteiger charge is 2.12. The van der Waals surface area contributed by atoms with Crippen LogP contribution >= 0.6 is 0 Å². The van der Waals surface area contributed by atoms with Crippen LogP contribution in [-0.4, -0.2) is 14.8 Å². The molecule has 0 amide bonds. The summed E-state index contributed by atoms with van der Waals surface area (Å²) < 4.78 is 14.9. The van der Waals surface area contributed by atoms with Gasteiger partial charge in [0.25, 0.3) is 0 Å². The fourth-order valence-corrected chi connectivity index (χ4v) is 1.35. The number of nitrogen functional groups attached to an aromatic ring is 1. The van der Waals surface area contributed by atoms with Crippen molar-refractivity contribution in [1.29, 1.82) is 0 Å². The van der Waals surface area contributed by atoms with E-state index in [0.717, 1.165) is 6.20 Å². The maximum absolute atomic E-state index is 13.4. The molecule has 5 heteroatoms. The van der Waals surface area contributed by atoms with Crippen molar-refractivity contribution in [3.8, 4) is 11.3 Å². The van der Waals surface area contributed by atoms with Crippen LogP contribution in [0.2, 0.25) is 0 Å². The zero-order chi connectivity index (χ0) is 10.1. The molecule has 0 fully saturated rings. The average molecular weight is 192 g/mol. The maximum atomic E-state index is 13.4. The smallest absolute Gasteiger partial charge is 0.150 e. The van der Waals surface area contributed by atoms with Gasteiger partial charge in [-0.3, -0.25) is 9.67 Å². The van der Waals surface area contributed by atoms with Crippen LogP contribution in [0.5, 0.6) is 0 Å². The lowest BCUT2D eigenvalue weighted by molar-refractivity contribution is 0.622. The molecule has 0 saturated heterocycles. The molecule has 72 valence electrons. The predicted octanol–water partition coefficient (Wildman–Crippen LogP) is 1.20. The third kappa shape index (κ3) is 1.22. The summed E-state index contributed by atoms with van der Waals surface area (Å²) in [5, 5.41) is 3.94. The molecule has 4 nitrogen and oxygen atoms in total. The van der Waals surface area contributed by atoms with E-state index in [1.807, 2.05) is 0 Å². The van der Waals surface area contributed by atoms with Gasteiger partial charge >= 0.3 is 0 Å². The van der Waals surface area contributed by atoms with Crippen molar-refractivity contribution in [3.05, 3.63) is 30.5 Å². The lowest BCUT2D eigenvalue weighted by Gasteiger charge is -2.03. The van der Waals surface area contributed by atoms with Gasteiger partial charge in [-0.1, -0.05) is 0 Å². The Morgan fingerprint density at radius 3 is 2.79 bits per heavy atom. The molecule has 2 N–H and O–H groups in total. The number of aryl methyl sites for hydroxylation is 1. The number of rotatable bonds is 1. The molecular formula is C9H9FN4. The van der Waals surface area contributed by atoms with Gasteiger partial charge in [-0.15, -0.1) is 0 Å². The maximum Gasteiger partial charge on any atom is 0.150 e. The predicted molar refractivity (Wildman–Crippen MR) is 50.8 cm³/mol. The van der Waals surface area contributed by atoms with Crippen molar-refractivity contribution in [2.45, 2.75) is 0 Å². The second kappa shape index (κ2) is 3.10. The van der Waals surface area contributed by atoms with E-state index in [4.69, 9.17) is 5.73 Å². The molecule has 0 saturated carbocycles. The molecule has 0 spiro atoms. The quantitative estimate of drug-likeness (QED) is 0.738. The van der Waals surface area contributed by atoms with Crippen LogP contribution in [0.15, 0.2) is 24.7 Å². The van der Waals surface area contributed by atoms with E-state index in [2.05, 4.69) is 10.1 Å². The third-order valence-electron chi connectivity index (χ3n) is 1.99. The van der Waals surface area contributed by atoms with Gasteiger partial charge in [-0.25, -0.2) is 4.39 Å². The summed E-state index contributed by atoms with van der Waals surface area (Å²) in [5.74, 6) is -0.400. The van der Waals surface area contributed by atoms with Crippen LogP contribution in [0.3, 0.4) is 0 Å². The van der Waals surface area contributed by atoms with E-state index in [-0.39, 0.29) is 0 Å². The molecule has 0 aliphatic heterocycles. The van der Waals surface area contributed by atoms with Crippen molar-refractivity contribution in [1.82, 2.24) is 14.8 Å². The zero-order valence-corrected chi connectivity index (χ0v) is 7.61. The summed E-state index contributed by atoms with van der Waals surface area (Å²) in [6, 6.07) is 1.57. The lowest BCUT2D eigenvalue weighted by Crippen LogP contribution is -1.98. The minimum absolute atomic E-state index is 0.400. The number of hydrogen-bond donors (Lipinski definition) is 1. The average Bonchev–Trinajstić information content (AvgIpc) is 2.48. The lowest BCUT2D eigenvalue weighted by atomic mass is 10.1. The second-order valence-corrected chi connectivity index (χ2v) is 2.93. The van der Waals surface area contributed by atoms with E-state index in [1.54, 1.807) is 13.1 Å². The van der Waals surface area contributed by atoms with Gasteiger partial charge in [0.15, 0.2) is 5.82 Å². The molecule has 0 bridgehead atoms. The van der Waals surface area contributed by atoms with E-state index in [0.29, 0.717) is 16.9 Å². The summed E-state index contributed by atoms with van der Waals surface area (Å²) in [5.41, 5.74) is 7.12. The largest absolute Gasteiger partial charge is 0.396 e. The highest BCUT2D eigenvalue weighted by molar-refractivity contribution is 5.72. The Morgan fingerprint density at radius 1 is 1.43 bits per heavy atom. The van der Waals surface area contributed by atoms with E-state index < -0.39 is 5.82 Å². The van der Waals surface area contributed by atoms with Gasteiger partial charge in [0.1, 0.15) is 0 Å². The molecule has 2 rings (SSSR count). The van der Waals surface area contributed by atoms with Crippen LogP contribution in [-0.2, 0) is 7.05 Å². The number of hydrogen-bond acceptors (Lipinski definition) is 3. The minimum Gasteiger partial charge on any atom is -0.396 e. The van der Waals surface area contributed by atoms with Crippen LogP contribution in [0.4, 0.5) is 10.1 Å². The fraction of sp³-hybridized carbons (Fsp3) is 0.111. The molecule has 0 radical (unpaired) electrons. The molecule has 14 heavy (non-hydrogen) atoms.